The Morgan fingerprint density at radius 2 is 1.21 bits per heavy atom. The van der Waals surface area contributed by atoms with Crippen LogP contribution in [0.2, 0.25) is 0 Å². The van der Waals surface area contributed by atoms with Crippen molar-refractivity contribution in [2.24, 2.45) is 0 Å². The molecule has 0 saturated heterocycles. The Balaban J connectivity index is 1.09. The topological polar surface area (TPSA) is 47.9 Å². The van der Waals surface area contributed by atoms with E-state index in [9.17, 15) is 0 Å². The van der Waals surface area contributed by atoms with E-state index in [1.54, 1.807) is 0 Å². The highest BCUT2D eigenvalue weighted by atomic mass is 16.5. The average Bonchev–Trinajstić information content (AvgIpc) is 3.54. The van der Waals surface area contributed by atoms with Crippen molar-refractivity contribution in [3.05, 3.63) is 173 Å². The van der Waals surface area contributed by atoms with Gasteiger partial charge in [0.1, 0.15) is 11.9 Å². The fourth-order valence-corrected chi connectivity index (χ4v) is 7.09. The van der Waals surface area contributed by atoms with Crippen molar-refractivity contribution in [2.75, 3.05) is 0 Å². The first-order chi connectivity index (χ1) is 23.3. The van der Waals surface area contributed by atoms with Crippen molar-refractivity contribution < 1.29 is 4.74 Å². The van der Waals surface area contributed by atoms with Crippen LogP contribution < -0.4 is 4.74 Å². The largest absolute Gasteiger partial charge is 0.485 e. The smallest absolute Gasteiger partial charge is 0.164 e. The molecule has 0 amide bonds. The Morgan fingerprint density at radius 3 is 2.02 bits per heavy atom. The predicted molar refractivity (Wildman–Crippen MR) is 189 cm³/mol. The van der Waals surface area contributed by atoms with Crippen molar-refractivity contribution in [3.8, 4) is 51.0 Å². The number of para-hydroxylation sites is 1. The van der Waals surface area contributed by atoms with Gasteiger partial charge in [0.25, 0.3) is 0 Å². The van der Waals surface area contributed by atoms with Crippen molar-refractivity contribution in [2.45, 2.75) is 24.9 Å². The lowest BCUT2D eigenvalue weighted by molar-refractivity contribution is 0.265. The zero-order valence-corrected chi connectivity index (χ0v) is 25.8. The van der Waals surface area contributed by atoms with Crippen LogP contribution in [0, 0.1) is 0 Å². The van der Waals surface area contributed by atoms with E-state index in [2.05, 4.69) is 127 Å². The maximum Gasteiger partial charge on any atom is 0.164 e. The van der Waals surface area contributed by atoms with Crippen molar-refractivity contribution in [3.63, 3.8) is 0 Å². The van der Waals surface area contributed by atoms with Crippen LogP contribution in [0.15, 0.2) is 157 Å². The van der Waals surface area contributed by atoms with Gasteiger partial charge in [-0.1, -0.05) is 127 Å². The SMILES string of the molecule is C1=CC2Oc3ccccc3C2C(C2=Cc3ccc(-c4nc(-c5ccccc5)nc(-c5cccc(-c6ccccc6)c5)n4)cc3CC2)=C1. The molecule has 4 heteroatoms. The highest BCUT2D eigenvalue weighted by Crippen LogP contribution is 2.48. The molecule has 0 N–H and O–H groups in total. The number of allylic oxidation sites excluding steroid dienone is 3. The van der Waals surface area contributed by atoms with Gasteiger partial charge in [-0.05, 0) is 70.5 Å². The van der Waals surface area contributed by atoms with Gasteiger partial charge in [0.05, 0.1) is 5.92 Å². The first-order valence-electron chi connectivity index (χ1n) is 16.2. The van der Waals surface area contributed by atoms with Crippen LogP contribution in [-0.4, -0.2) is 21.1 Å². The van der Waals surface area contributed by atoms with Crippen LogP contribution in [0.5, 0.6) is 5.75 Å². The Labute approximate surface area is 274 Å². The van der Waals surface area contributed by atoms with Gasteiger partial charge in [-0.2, -0.15) is 0 Å². The molecule has 0 bridgehead atoms. The van der Waals surface area contributed by atoms with E-state index in [0.29, 0.717) is 17.5 Å². The second-order valence-corrected chi connectivity index (χ2v) is 12.3. The summed E-state index contributed by atoms with van der Waals surface area (Å²) in [5.41, 5.74) is 11.8. The molecule has 47 heavy (non-hydrogen) atoms. The molecule has 6 aromatic rings. The lowest BCUT2D eigenvalue weighted by Crippen LogP contribution is -2.21. The molecule has 0 spiro atoms. The quantitative estimate of drug-likeness (QED) is 0.196. The Hall–Kier alpha value is -5.87. The number of benzene rings is 5. The molecule has 0 fully saturated rings. The standard InChI is InChI=1S/C43H31N3O/c1-3-11-28(12-4-1)30-15-9-16-34(26-30)42-44-41(29-13-5-2-6-14-29)45-43(46-42)35-24-22-31-25-33(23-21-32(31)27-35)36-18-10-20-39-40(36)37-17-7-8-19-38(37)47-39/h1-20,22,24-27,39-40H,21,23H2. The molecule has 9 rings (SSSR count). The third-order valence-electron chi connectivity index (χ3n) is 9.42. The van der Waals surface area contributed by atoms with Crippen LogP contribution >= 0.6 is 0 Å². The number of rotatable bonds is 5. The minimum Gasteiger partial charge on any atom is -0.485 e. The molecule has 0 saturated carbocycles. The summed E-state index contributed by atoms with van der Waals surface area (Å²) in [6.45, 7) is 0. The minimum absolute atomic E-state index is 0.0577. The van der Waals surface area contributed by atoms with Crippen LogP contribution in [0.25, 0.3) is 51.4 Å². The van der Waals surface area contributed by atoms with Crippen LogP contribution in [0.1, 0.15) is 29.0 Å². The van der Waals surface area contributed by atoms with E-state index in [1.165, 1.54) is 27.8 Å². The Bertz CT molecular complexity index is 2230. The number of hydrogen-bond donors (Lipinski definition) is 0. The zero-order valence-electron chi connectivity index (χ0n) is 25.8. The van der Waals surface area contributed by atoms with Crippen LogP contribution in [-0.2, 0) is 6.42 Å². The molecule has 1 aliphatic heterocycles. The summed E-state index contributed by atoms with van der Waals surface area (Å²) in [6.07, 6.45) is 11.0. The van der Waals surface area contributed by atoms with Crippen molar-refractivity contribution in [1.29, 1.82) is 0 Å². The van der Waals surface area contributed by atoms with Gasteiger partial charge < -0.3 is 4.74 Å². The number of aryl methyl sites for hydroxylation is 1. The predicted octanol–water partition coefficient (Wildman–Crippen LogP) is 9.91. The lowest BCUT2D eigenvalue weighted by atomic mass is 9.77. The second-order valence-electron chi connectivity index (χ2n) is 12.3. The third kappa shape index (κ3) is 5.08. The van der Waals surface area contributed by atoms with E-state index in [-0.39, 0.29) is 12.0 Å². The van der Waals surface area contributed by atoms with E-state index in [0.717, 1.165) is 46.4 Å². The summed E-state index contributed by atoms with van der Waals surface area (Å²) < 4.78 is 6.30. The van der Waals surface area contributed by atoms with Crippen molar-refractivity contribution in [1.82, 2.24) is 15.0 Å². The molecule has 224 valence electrons. The van der Waals surface area contributed by atoms with E-state index in [4.69, 9.17) is 19.7 Å². The number of fused-ring (bicyclic) bond motifs is 4. The van der Waals surface area contributed by atoms with Gasteiger partial charge >= 0.3 is 0 Å². The number of nitrogens with zero attached hydrogens (tertiary/aromatic N) is 3. The summed E-state index contributed by atoms with van der Waals surface area (Å²) in [5, 5.41) is 0. The summed E-state index contributed by atoms with van der Waals surface area (Å²) >= 11 is 0. The van der Waals surface area contributed by atoms with Gasteiger partial charge in [0.15, 0.2) is 17.5 Å². The van der Waals surface area contributed by atoms with Gasteiger partial charge in [-0.3, -0.25) is 0 Å². The van der Waals surface area contributed by atoms with Crippen molar-refractivity contribution >= 4 is 6.08 Å². The van der Waals surface area contributed by atoms with Gasteiger partial charge in [0.2, 0.25) is 0 Å². The molecule has 5 aromatic carbocycles. The van der Waals surface area contributed by atoms with E-state index >= 15 is 0 Å². The third-order valence-corrected chi connectivity index (χ3v) is 9.42. The summed E-state index contributed by atoms with van der Waals surface area (Å²) in [4.78, 5) is 15.0. The molecule has 2 aliphatic carbocycles. The van der Waals surface area contributed by atoms with Crippen LogP contribution in [0.3, 0.4) is 0 Å². The highest BCUT2D eigenvalue weighted by molar-refractivity contribution is 5.74. The molecule has 4 nitrogen and oxygen atoms in total. The Morgan fingerprint density at radius 1 is 0.553 bits per heavy atom. The highest BCUT2D eigenvalue weighted by Gasteiger charge is 2.37. The maximum absolute atomic E-state index is 6.30. The van der Waals surface area contributed by atoms with Gasteiger partial charge in [0, 0.05) is 22.3 Å². The van der Waals surface area contributed by atoms with E-state index < -0.39 is 0 Å². The first kappa shape index (κ1) is 27.4. The summed E-state index contributed by atoms with van der Waals surface area (Å²) in [6, 6.07) is 44.1. The van der Waals surface area contributed by atoms with Crippen LogP contribution in [0.4, 0.5) is 0 Å². The molecule has 2 unspecified atom stereocenters. The summed E-state index contributed by atoms with van der Waals surface area (Å²) in [5.74, 6) is 3.25. The number of ether oxygens (including phenoxy) is 1. The fraction of sp³-hybridized carbons (Fsp3) is 0.0930. The Kier molecular flexibility index (Phi) is 6.71. The molecular weight excluding hydrogens is 574 g/mol. The number of hydrogen-bond acceptors (Lipinski definition) is 4. The minimum atomic E-state index is 0.0577. The number of aromatic nitrogens is 3. The van der Waals surface area contributed by atoms with E-state index in [1.807, 2.05) is 24.3 Å². The lowest BCUT2D eigenvalue weighted by Gasteiger charge is -2.27. The second kappa shape index (κ2) is 11.5. The summed E-state index contributed by atoms with van der Waals surface area (Å²) in [7, 11) is 0. The molecule has 2 heterocycles. The molecule has 2 atom stereocenters. The fourth-order valence-electron chi connectivity index (χ4n) is 7.09. The zero-order chi connectivity index (χ0) is 31.2. The molecule has 3 aliphatic rings. The average molecular weight is 606 g/mol. The van der Waals surface area contributed by atoms with Gasteiger partial charge in [-0.25, -0.2) is 15.0 Å². The molecular formula is C43H31N3O. The monoisotopic (exact) mass is 605 g/mol. The maximum atomic E-state index is 6.30. The first-order valence-corrected chi connectivity index (χ1v) is 16.2. The van der Waals surface area contributed by atoms with Gasteiger partial charge in [-0.15, -0.1) is 0 Å². The molecule has 1 aromatic heterocycles. The molecule has 0 radical (unpaired) electrons. The normalized spacial score (nSPS) is 17.5.